The van der Waals surface area contributed by atoms with Gasteiger partial charge in [0.05, 0.1) is 4.90 Å². The molecule has 0 bridgehead atoms. The molecule has 0 spiro atoms. The number of nitrogens with two attached hydrogens (primary N) is 1. The number of carbonyl (C=O) groups is 1. The topological polar surface area (TPSA) is 116 Å². The number of amides is 1. The second kappa shape index (κ2) is 6.17. The second-order valence-electron chi connectivity index (χ2n) is 6.32. The van der Waals surface area contributed by atoms with Gasteiger partial charge in [0.1, 0.15) is 0 Å². The summed E-state index contributed by atoms with van der Waals surface area (Å²) in [6.45, 7) is 0. The molecule has 0 unspecified atom stereocenters. The third-order valence-corrected chi connectivity index (χ3v) is 7.34. The first-order chi connectivity index (χ1) is 12.8. The summed E-state index contributed by atoms with van der Waals surface area (Å²) in [5.74, 6) is -0.230. The molecule has 27 heavy (non-hydrogen) atoms. The highest BCUT2D eigenvalue weighted by molar-refractivity contribution is 7.92. The molecule has 0 saturated heterocycles. The van der Waals surface area contributed by atoms with Crippen LogP contribution in [0.2, 0.25) is 5.02 Å². The quantitative estimate of drug-likeness (QED) is 0.700. The third-order valence-electron chi connectivity index (χ3n) is 4.59. The standard InChI is InChI=1S/C18H14ClN3O4S/c19-13-5-7-14(8-6-13)27(24,25)18(9-10-18)17-21-16(22-26-17)12-3-1-11(2-4-12)15(20)23/h1-8H,9-10H2,(H2,20,23). The first-order valence-corrected chi connectivity index (χ1v) is 9.94. The minimum absolute atomic E-state index is 0.0615. The Morgan fingerprint density at radius 2 is 1.70 bits per heavy atom. The van der Waals surface area contributed by atoms with E-state index in [2.05, 4.69) is 10.1 Å². The Labute approximate surface area is 160 Å². The summed E-state index contributed by atoms with van der Waals surface area (Å²) >= 11 is 5.85. The predicted octanol–water partition coefficient (Wildman–Crippen LogP) is 2.95. The van der Waals surface area contributed by atoms with Crippen molar-refractivity contribution in [2.75, 3.05) is 0 Å². The lowest BCUT2D eigenvalue weighted by Crippen LogP contribution is -2.21. The Hall–Kier alpha value is -2.71. The summed E-state index contributed by atoms with van der Waals surface area (Å²) in [5, 5.41) is 4.36. The molecule has 1 aliphatic carbocycles. The summed E-state index contributed by atoms with van der Waals surface area (Å²) in [6, 6.07) is 12.4. The van der Waals surface area contributed by atoms with E-state index in [0.29, 0.717) is 29.0 Å². The van der Waals surface area contributed by atoms with Gasteiger partial charge in [-0.05, 0) is 49.2 Å². The largest absolute Gasteiger partial charge is 0.366 e. The van der Waals surface area contributed by atoms with Gasteiger partial charge in [-0.25, -0.2) is 8.42 Å². The zero-order valence-corrected chi connectivity index (χ0v) is 15.5. The molecular weight excluding hydrogens is 390 g/mol. The SMILES string of the molecule is NC(=O)c1ccc(-c2noc(C3(S(=O)(=O)c4ccc(Cl)cc4)CC3)n2)cc1. The van der Waals surface area contributed by atoms with Crippen LogP contribution in [0.1, 0.15) is 29.1 Å². The summed E-state index contributed by atoms with van der Waals surface area (Å²) in [5.41, 5.74) is 6.17. The molecular formula is C18H14ClN3O4S. The van der Waals surface area contributed by atoms with Crippen LogP contribution in [-0.4, -0.2) is 24.5 Å². The molecule has 138 valence electrons. The summed E-state index contributed by atoms with van der Waals surface area (Å²) < 4.78 is 30.2. The fourth-order valence-corrected chi connectivity index (χ4v) is 4.88. The smallest absolute Gasteiger partial charge is 0.248 e. The Bertz CT molecular complexity index is 1120. The molecule has 1 fully saturated rings. The van der Waals surface area contributed by atoms with E-state index in [1.54, 1.807) is 24.3 Å². The van der Waals surface area contributed by atoms with Crippen LogP contribution in [0.15, 0.2) is 57.9 Å². The van der Waals surface area contributed by atoms with Gasteiger partial charge in [0.15, 0.2) is 14.6 Å². The van der Waals surface area contributed by atoms with Gasteiger partial charge < -0.3 is 10.3 Å². The van der Waals surface area contributed by atoms with Crippen LogP contribution >= 0.6 is 11.6 Å². The molecule has 1 aliphatic rings. The van der Waals surface area contributed by atoms with Crippen molar-refractivity contribution in [2.24, 2.45) is 5.73 Å². The van der Waals surface area contributed by atoms with Crippen molar-refractivity contribution in [1.29, 1.82) is 0 Å². The minimum atomic E-state index is -3.70. The van der Waals surface area contributed by atoms with E-state index in [9.17, 15) is 13.2 Å². The molecule has 1 saturated carbocycles. The second-order valence-corrected chi connectivity index (χ2v) is 9.01. The van der Waals surface area contributed by atoms with Crippen molar-refractivity contribution >= 4 is 27.3 Å². The molecule has 9 heteroatoms. The van der Waals surface area contributed by atoms with E-state index in [-0.39, 0.29) is 16.6 Å². The molecule has 1 amide bonds. The van der Waals surface area contributed by atoms with Crippen LogP contribution < -0.4 is 5.73 Å². The Balaban J connectivity index is 1.68. The maximum Gasteiger partial charge on any atom is 0.248 e. The summed E-state index contributed by atoms with van der Waals surface area (Å²) in [6.07, 6.45) is 0.806. The number of carbonyl (C=O) groups excluding carboxylic acids is 1. The van der Waals surface area contributed by atoms with Crippen molar-refractivity contribution in [3.05, 3.63) is 65.0 Å². The van der Waals surface area contributed by atoms with E-state index in [4.69, 9.17) is 21.9 Å². The number of sulfone groups is 1. The predicted molar refractivity (Wildman–Crippen MR) is 97.8 cm³/mol. The van der Waals surface area contributed by atoms with Crippen LogP contribution in [0.4, 0.5) is 0 Å². The molecule has 1 heterocycles. The number of nitrogens with zero attached hydrogens (tertiary/aromatic N) is 2. The van der Waals surface area contributed by atoms with E-state index in [1.807, 2.05) is 0 Å². The van der Waals surface area contributed by atoms with Crippen molar-refractivity contribution in [3.63, 3.8) is 0 Å². The lowest BCUT2D eigenvalue weighted by Gasteiger charge is -2.12. The number of benzene rings is 2. The van der Waals surface area contributed by atoms with Crippen LogP contribution in [0.25, 0.3) is 11.4 Å². The van der Waals surface area contributed by atoms with Gasteiger partial charge in [-0.1, -0.05) is 28.9 Å². The van der Waals surface area contributed by atoms with Crippen molar-refractivity contribution in [1.82, 2.24) is 10.1 Å². The molecule has 7 nitrogen and oxygen atoms in total. The highest BCUT2D eigenvalue weighted by Crippen LogP contribution is 2.54. The molecule has 0 atom stereocenters. The molecule has 3 aromatic rings. The van der Waals surface area contributed by atoms with Gasteiger partial charge >= 0.3 is 0 Å². The van der Waals surface area contributed by atoms with Gasteiger partial charge in [0, 0.05) is 16.1 Å². The van der Waals surface area contributed by atoms with Crippen LogP contribution in [0, 0.1) is 0 Å². The van der Waals surface area contributed by atoms with Gasteiger partial charge in [0.25, 0.3) is 0 Å². The maximum atomic E-state index is 13.1. The Kier molecular flexibility index (Phi) is 4.05. The lowest BCUT2D eigenvalue weighted by molar-refractivity contribution is 0.100. The average Bonchev–Trinajstić information content (AvgIpc) is 3.34. The van der Waals surface area contributed by atoms with Gasteiger partial charge in [-0.15, -0.1) is 0 Å². The summed E-state index contributed by atoms with van der Waals surface area (Å²) in [4.78, 5) is 15.6. The number of hydrogen-bond donors (Lipinski definition) is 1. The first-order valence-electron chi connectivity index (χ1n) is 8.08. The number of primary amides is 1. The highest BCUT2D eigenvalue weighted by Gasteiger charge is 2.60. The van der Waals surface area contributed by atoms with Crippen molar-refractivity contribution in [3.8, 4) is 11.4 Å². The van der Waals surface area contributed by atoms with Crippen molar-refractivity contribution in [2.45, 2.75) is 22.5 Å². The van der Waals surface area contributed by atoms with E-state index in [0.717, 1.165) is 0 Å². The molecule has 0 radical (unpaired) electrons. The number of aromatic nitrogens is 2. The molecule has 4 rings (SSSR count). The van der Waals surface area contributed by atoms with Gasteiger partial charge in [-0.2, -0.15) is 4.98 Å². The normalized spacial score (nSPS) is 15.4. The number of hydrogen-bond acceptors (Lipinski definition) is 6. The zero-order chi connectivity index (χ0) is 19.2. The third kappa shape index (κ3) is 2.90. The van der Waals surface area contributed by atoms with E-state index < -0.39 is 20.5 Å². The fraction of sp³-hybridized carbons (Fsp3) is 0.167. The first kappa shape index (κ1) is 17.7. The van der Waals surface area contributed by atoms with Crippen LogP contribution in [-0.2, 0) is 14.6 Å². The van der Waals surface area contributed by atoms with Gasteiger partial charge in [-0.3, -0.25) is 4.79 Å². The Morgan fingerprint density at radius 1 is 1.07 bits per heavy atom. The van der Waals surface area contributed by atoms with E-state index >= 15 is 0 Å². The Morgan fingerprint density at radius 3 is 2.26 bits per heavy atom. The van der Waals surface area contributed by atoms with Crippen molar-refractivity contribution < 1.29 is 17.7 Å². The van der Waals surface area contributed by atoms with Crippen LogP contribution in [0.5, 0.6) is 0 Å². The van der Waals surface area contributed by atoms with Gasteiger partial charge in [0.2, 0.25) is 17.6 Å². The summed E-state index contributed by atoms with van der Waals surface area (Å²) in [7, 11) is -3.70. The molecule has 1 aromatic heterocycles. The lowest BCUT2D eigenvalue weighted by atomic mass is 10.1. The molecule has 0 aliphatic heterocycles. The monoisotopic (exact) mass is 403 g/mol. The minimum Gasteiger partial charge on any atom is -0.366 e. The van der Waals surface area contributed by atoms with Crippen LogP contribution in [0.3, 0.4) is 0 Å². The molecule has 2 aromatic carbocycles. The number of rotatable bonds is 5. The number of halogens is 1. The maximum absolute atomic E-state index is 13.1. The average molecular weight is 404 g/mol. The highest BCUT2D eigenvalue weighted by atomic mass is 35.5. The van der Waals surface area contributed by atoms with E-state index in [1.165, 1.54) is 24.3 Å². The fourth-order valence-electron chi connectivity index (χ4n) is 2.86. The zero-order valence-electron chi connectivity index (χ0n) is 13.9. The molecule has 2 N–H and O–H groups in total.